The maximum absolute atomic E-state index is 6.04. The van der Waals surface area contributed by atoms with E-state index in [0.29, 0.717) is 29.9 Å². The molecule has 2 aromatic rings. The molecule has 0 spiro atoms. The highest BCUT2D eigenvalue weighted by atomic mass is 35.5. The van der Waals surface area contributed by atoms with Crippen LogP contribution in [0.2, 0.25) is 5.02 Å². The zero-order valence-electron chi connectivity index (χ0n) is 12.7. The summed E-state index contributed by atoms with van der Waals surface area (Å²) in [6.45, 7) is 2.37. The van der Waals surface area contributed by atoms with E-state index >= 15 is 0 Å². The minimum absolute atomic E-state index is 0.174. The minimum Gasteiger partial charge on any atom is -0.488 e. The Morgan fingerprint density at radius 3 is 2.74 bits per heavy atom. The van der Waals surface area contributed by atoms with Crippen molar-refractivity contribution in [1.82, 2.24) is 9.97 Å². The summed E-state index contributed by atoms with van der Waals surface area (Å²) in [6.07, 6.45) is 4.22. The van der Waals surface area contributed by atoms with E-state index in [1.807, 2.05) is 18.2 Å². The van der Waals surface area contributed by atoms with Crippen LogP contribution >= 0.6 is 11.6 Å². The summed E-state index contributed by atoms with van der Waals surface area (Å²) in [5.41, 5.74) is 5.95. The predicted octanol–water partition coefficient (Wildman–Crippen LogP) is 2.13. The van der Waals surface area contributed by atoms with Crippen molar-refractivity contribution in [2.45, 2.75) is 12.5 Å². The Labute approximate surface area is 140 Å². The van der Waals surface area contributed by atoms with E-state index < -0.39 is 0 Å². The molecule has 7 heteroatoms. The molecular weight excluding hydrogens is 316 g/mol. The normalized spacial score (nSPS) is 17.3. The molecule has 1 fully saturated rings. The van der Waals surface area contributed by atoms with Crippen LogP contribution in [0.5, 0.6) is 11.6 Å². The van der Waals surface area contributed by atoms with Crippen LogP contribution in [-0.4, -0.2) is 42.3 Å². The molecule has 0 saturated carbocycles. The number of benzene rings is 1. The van der Waals surface area contributed by atoms with Gasteiger partial charge in [-0.1, -0.05) is 23.7 Å². The lowest BCUT2D eigenvalue weighted by Crippen LogP contribution is -2.27. The third-order valence-corrected chi connectivity index (χ3v) is 3.90. The van der Waals surface area contributed by atoms with Gasteiger partial charge in [0.05, 0.1) is 5.02 Å². The molecule has 2 N–H and O–H groups in total. The Morgan fingerprint density at radius 2 is 1.96 bits per heavy atom. The Morgan fingerprint density at radius 1 is 1.17 bits per heavy atom. The second-order valence-electron chi connectivity index (χ2n) is 5.31. The number of aromatic nitrogens is 2. The SMILES string of the molecule is NC1CCN(c2nccnc2OCCOc2ccccc2Cl)C1. The molecule has 2 heterocycles. The van der Waals surface area contributed by atoms with Crippen LogP contribution in [0, 0.1) is 0 Å². The van der Waals surface area contributed by atoms with E-state index in [1.165, 1.54) is 0 Å². The van der Waals surface area contributed by atoms with Gasteiger partial charge in [-0.3, -0.25) is 0 Å². The molecule has 0 aliphatic carbocycles. The number of nitrogens with zero attached hydrogens (tertiary/aromatic N) is 3. The van der Waals surface area contributed by atoms with E-state index in [2.05, 4.69) is 14.9 Å². The number of halogens is 1. The highest BCUT2D eigenvalue weighted by molar-refractivity contribution is 6.32. The monoisotopic (exact) mass is 334 g/mol. The van der Waals surface area contributed by atoms with Crippen LogP contribution in [0.4, 0.5) is 5.82 Å². The van der Waals surface area contributed by atoms with Crippen LogP contribution in [0.15, 0.2) is 36.7 Å². The van der Waals surface area contributed by atoms with Gasteiger partial charge in [0.15, 0.2) is 5.82 Å². The average molecular weight is 335 g/mol. The first-order chi connectivity index (χ1) is 11.2. The van der Waals surface area contributed by atoms with Gasteiger partial charge in [-0.25, -0.2) is 9.97 Å². The van der Waals surface area contributed by atoms with Crippen molar-refractivity contribution in [3.05, 3.63) is 41.7 Å². The first-order valence-electron chi connectivity index (χ1n) is 7.55. The molecule has 1 aromatic heterocycles. The van der Waals surface area contributed by atoms with E-state index in [4.69, 9.17) is 26.8 Å². The van der Waals surface area contributed by atoms with Crippen molar-refractivity contribution in [3.63, 3.8) is 0 Å². The second kappa shape index (κ2) is 7.48. The fourth-order valence-electron chi connectivity index (χ4n) is 2.47. The summed E-state index contributed by atoms with van der Waals surface area (Å²) in [5.74, 6) is 1.88. The Kier molecular flexibility index (Phi) is 5.15. The predicted molar refractivity (Wildman–Crippen MR) is 89.3 cm³/mol. The van der Waals surface area contributed by atoms with E-state index in [-0.39, 0.29) is 6.04 Å². The van der Waals surface area contributed by atoms with Gasteiger partial charge < -0.3 is 20.1 Å². The van der Waals surface area contributed by atoms with Crippen molar-refractivity contribution in [2.75, 3.05) is 31.2 Å². The zero-order valence-corrected chi connectivity index (χ0v) is 13.4. The molecular formula is C16H19ClN4O2. The third-order valence-electron chi connectivity index (χ3n) is 3.59. The van der Waals surface area contributed by atoms with Gasteiger partial charge in [0.25, 0.3) is 5.88 Å². The Hall–Kier alpha value is -2.05. The topological polar surface area (TPSA) is 73.5 Å². The number of para-hydroxylation sites is 1. The van der Waals surface area contributed by atoms with Crippen molar-refractivity contribution < 1.29 is 9.47 Å². The quantitative estimate of drug-likeness (QED) is 0.816. The van der Waals surface area contributed by atoms with Crippen LogP contribution in [0.25, 0.3) is 0 Å². The smallest absolute Gasteiger partial charge is 0.257 e. The first-order valence-corrected chi connectivity index (χ1v) is 7.93. The van der Waals surface area contributed by atoms with Crippen molar-refractivity contribution >= 4 is 17.4 Å². The molecule has 1 aromatic carbocycles. The average Bonchev–Trinajstić information content (AvgIpc) is 3.00. The lowest BCUT2D eigenvalue weighted by atomic mass is 10.3. The van der Waals surface area contributed by atoms with Crippen molar-refractivity contribution in [3.8, 4) is 11.6 Å². The molecule has 1 aliphatic heterocycles. The van der Waals surface area contributed by atoms with Crippen LogP contribution in [-0.2, 0) is 0 Å². The number of rotatable bonds is 6. The maximum Gasteiger partial charge on any atom is 0.257 e. The van der Waals surface area contributed by atoms with E-state index in [1.54, 1.807) is 18.5 Å². The Balaban J connectivity index is 1.55. The maximum atomic E-state index is 6.04. The highest BCUT2D eigenvalue weighted by Gasteiger charge is 2.23. The lowest BCUT2D eigenvalue weighted by Gasteiger charge is -2.19. The standard InChI is InChI=1S/C16H19ClN4O2/c17-13-3-1-2-4-14(13)22-9-10-23-16-15(19-6-7-20-16)21-8-5-12(18)11-21/h1-4,6-7,12H,5,8-11,18H2. The highest BCUT2D eigenvalue weighted by Crippen LogP contribution is 2.26. The third kappa shape index (κ3) is 4.03. The van der Waals surface area contributed by atoms with Crippen molar-refractivity contribution in [2.24, 2.45) is 5.73 Å². The fourth-order valence-corrected chi connectivity index (χ4v) is 2.66. The molecule has 0 amide bonds. The van der Waals surface area contributed by atoms with Crippen LogP contribution in [0.1, 0.15) is 6.42 Å². The molecule has 0 radical (unpaired) electrons. The molecule has 6 nitrogen and oxygen atoms in total. The van der Waals surface area contributed by atoms with Gasteiger partial charge in [-0.05, 0) is 18.6 Å². The molecule has 1 atom stereocenters. The lowest BCUT2D eigenvalue weighted by molar-refractivity contribution is 0.212. The first kappa shape index (κ1) is 15.8. The number of anilines is 1. The number of hydrogen-bond donors (Lipinski definition) is 1. The fraction of sp³-hybridized carbons (Fsp3) is 0.375. The molecule has 1 saturated heterocycles. The molecule has 122 valence electrons. The van der Waals surface area contributed by atoms with Gasteiger partial charge in [0.1, 0.15) is 19.0 Å². The van der Waals surface area contributed by atoms with Gasteiger partial charge >= 0.3 is 0 Å². The van der Waals surface area contributed by atoms with Crippen LogP contribution in [0.3, 0.4) is 0 Å². The Bertz CT molecular complexity index is 655. The zero-order chi connectivity index (χ0) is 16.1. The summed E-state index contributed by atoms with van der Waals surface area (Å²) in [4.78, 5) is 10.7. The van der Waals surface area contributed by atoms with Gasteiger partial charge in [-0.15, -0.1) is 0 Å². The van der Waals surface area contributed by atoms with Gasteiger partial charge in [0.2, 0.25) is 0 Å². The minimum atomic E-state index is 0.174. The summed E-state index contributed by atoms with van der Waals surface area (Å²) < 4.78 is 11.3. The van der Waals surface area contributed by atoms with Crippen LogP contribution < -0.4 is 20.1 Å². The summed E-state index contributed by atoms with van der Waals surface area (Å²) in [7, 11) is 0. The molecule has 1 unspecified atom stereocenters. The molecule has 1 aliphatic rings. The summed E-state index contributed by atoms with van der Waals surface area (Å²) in [5, 5.41) is 0.582. The van der Waals surface area contributed by atoms with Gasteiger partial charge in [-0.2, -0.15) is 0 Å². The summed E-state index contributed by atoms with van der Waals surface area (Å²) in [6, 6.07) is 7.52. The largest absolute Gasteiger partial charge is 0.488 e. The van der Waals surface area contributed by atoms with E-state index in [9.17, 15) is 0 Å². The number of nitrogens with two attached hydrogens (primary N) is 1. The molecule has 23 heavy (non-hydrogen) atoms. The number of hydrogen-bond acceptors (Lipinski definition) is 6. The van der Waals surface area contributed by atoms with Gasteiger partial charge in [0, 0.05) is 31.5 Å². The molecule has 3 rings (SSSR count). The second-order valence-corrected chi connectivity index (χ2v) is 5.71. The van der Waals surface area contributed by atoms with E-state index in [0.717, 1.165) is 25.3 Å². The number of ether oxygens (including phenoxy) is 2. The summed E-state index contributed by atoms with van der Waals surface area (Å²) >= 11 is 6.04. The molecule has 0 bridgehead atoms. The van der Waals surface area contributed by atoms with Crippen molar-refractivity contribution in [1.29, 1.82) is 0 Å².